The van der Waals surface area contributed by atoms with Crippen LogP contribution in [-0.4, -0.2) is 25.2 Å². The molecule has 0 aromatic heterocycles. The van der Waals surface area contributed by atoms with Crippen LogP contribution in [-0.2, 0) is 0 Å². The van der Waals surface area contributed by atoms with E-state index in [1.54, 1.807) is 0 Å². The maximum absolute atomic E-state index is 13.4. The maximum atomic E-state index is 13.4. The van der Waals surface area contributed by atoms with Gasteiger partial charge in [0, 0.05) is 29.6 Å². The molecule has 0 atom stereocenters. The highest BCUT2D eigenvalue weighted by atomic mass is 79.9. The van der Waals surface area contributed by atoms with E-state index in [0.29, 0.717) is 5.02 Å². The fraction of sp³-hybridized carbons (Fsp3) is 0.600. The van der Waals surface area contributed by atoms with E-state index in [9.17, 15) is 4.39 Å². The number of nitrogens with zero attached hydrogens (tertiary/aromatic N) is 1. The molecular weight excluding hydrogens is 343 g/mol. The van der Waals surface area contributed by atoms with Crippen molar-refractivity contribution in [3.63, 3.8) is 0 Å². The second-order valence-corrected chi connectivity index (χ2v) is 7.17. The summed E-state index contributed by atoms with van der Waals surface area (Å²) in [5.74, 6) is -0.298. The van der Waals surface area contributed by atoms with E-state index in [4.69, 9.17) is 11.6 Å². The summed E-state index contributed by atoms with van der Waals surface area (Å²) < 4.78 is 14.1. The Balaban J connectivity index is 1.87. The van der Waals surface area contributed by atoms with Gasteiger partial charge in [-0.15, -0.1) is 0 Å². The first-order chi connectivity index (χ1) is 9.60. The Hall–Kier alpha value is -0.320. The van der Waals surface area contributed by atoms with Gasteiger partial charge in [-0.2, -0.15) is 0 Å². The van der Waals surface area contributed by atoms with Crippen LogP contribution in [0.25, 0.3) is 0 Å². The van der Waals surface area contributed by atoms with Crippen LogP contribution < -0.4 is 10.2 Å². The van der Waals surface area contributed by atoms with E-state index in [1.165, 1.54) is 44.2 Å². The van der Waals surface area contributed by atoms with Crippen LogP contribution in [0.1, 0.15) is 32.1 Å². The Bertz CT molecular complexity index is 474. The Labute approximate surface area is 132 Å². The predicted molar refractivity (Wildman–Crippen MR) is 85.1 cm³/mol. The van der Waals surface area contributed by atoms with Crippen molar-refractivity contribution in [1.82, 2.24) is 5.32 Å². The molecule has 20 heavy (non-hydrogen) atoms. The lowest BCUT2D eigenvalue weighted by Crippen LogP contribution is -2.61. The molecule has 2 fully saturated rings. The molecule has 0 unspecified atom stereocenters. The molecule has 110 valence electrons. The highest BCUT2D eigenvalue weighted by Gasteiger charge is 2.37. The topological polar surface area (TPSA) is 15.3 Å². The molecule has 1 aliphatic heterocycles. The minimum absolute atomic E-state index is 0.216. The fourth-order valence-electron chi connectivity index (χ4n) is 3.55. The molecule has 1 N–H and O–H groups in total. The maximum Gasteiger partial charge on any atom is 0.125 e. The third-order valence-electron chi connectivity index (χ3n) is 4.48. The van der Waals surface area contributed by atoms with E-state index in [2.05, 4.69) is 26.1 Å². The van der Waals surface area contributed by atoms with Crippen molar-refractivity contribution in [1.29, 1.82) is 0 Å². The summed E-state index contributed by atoms with van der Waals surface area (Å²) in [6, 6.07) is 2.90. The Kier molecular flexibility index (Phi) is 4.25. The van der Waals surface area contributed by atoms with Gasteiger partial charge in [0.2, 0.25) is 0 Å². The molecule has 0 bridgehead atoms. The van der Waals surface area contributed by atoms with Gasteiger partial charge in [-0.05, 0) is 40.9 Å². The fourth-order valence-corrected chi connectivity index (χ4v) is 4.67. The Morgan fingerprint density at radius 2 is 2.00 bits per heavy atom. The second kappa shape index (κ2) is 5.82. The first-order valence-electron chi connectivity index (χ1n) is 7.24. The highest BCUT2D eigenvalue weighted by Crippen LogP contribution is 2.38. The third kappa shape index (κ3) is 2.83. The quantitative estimate of drug-likeness (QED) is 0.800. The van der Waals surface area contributed by atoms with Gasteiger partial charge >= 0.3 is 0 Å². The number of anilines is 1. The number of benzene rings is 1. The van der Waals surface area contributed by atoms with Crippen LogP contribution in [0, 0.1) is 5.82 Å². The minimum Gasteiger partial charge on any atom is -0.366 e. The van der Waals surface area contributed by atoms with E-state index in [0.717, 1.165) is 29.8 Å². The molecule has 3 rings (SSSR count). The lowest BCUT2D eigenvalue weighted by Gasteiger charge is -2.47. The normalized spacial score (nSPS) is 22.2. The van der Waals surface area contributed by atoms with Crippen molar-refractivity contribution in [3.05, 3.63) is 27.4 Å². The third-order valence-corrected chi connectivity index (χ3v) is 5.38. The SMILES string of the molecule is Fc1cc(Cl)c(N2CCNC3(CCCCC3)C2)c(Br)c1. The van der Waals surface area contributed by atoms with E-state index < -0.39 is 0 Å². The van der Waals surface area contributed by atoms with Gasteiger partial charge in [0.15, 0.2) is 0 Å². The van der Waals surface area contributed by atoms with Crippen LogP contribution in [0.5, 0.6) is 0 Å². The van der Waals surface area contributed by atoms with Crippen molar-refractivity contribution >= 4 is 33.2 Å². The van der Waals surface area contributed by atoms with Crippen molar-refractivity contribution in [2.45, 2.75) is 37.6 Å². The summed E-state index contributed by atoms with van der Waals surface area (Å²) in [4.78, 5) is 2.30. The van der Waals surface area contributed by atoms with Crippen LogP contribution >= 0.6 is 27.5 Å². The van der Waals surface area contributed by atoms with E-state index in [-0.39, 0.29) is 11.4 Å². The van der Waals surface area contributed by atoms with Gasteiger partial charge in [0.1, 0.15) is 5.82 Å². The monoisotopic (exact) mass is 360 g/mol. The van der Waals surface area contributed by atoms with E-state index in [1.807, 2.05) is 0 Å². The molecule has 0 amide bonds. The van der Waals surface area contributed by atoms with Gasteiger partial charge < -0.3 is 10.2 Å². The summed E-state index contributed by atoms with van der Waals surface area (Å²) in [5.41, 5.74) is 1.15. The zero-order valence-corrected chi connectivity index (χ0v) is 13.7. The van der Waals surface area contributed by atoms with Crippen molar-refractivity contribution in [2.75, 3.05) is 24.5 Å². The largest absolute Gasteiger partial charge is 0.366 e. The van der Waals surface area contributed by atoms with Crippen molar-refractivity contribution < 1.29 is 4.39 Å². The number of halogens is 3. The van der Waals surface area contributed by atoms with Gasteiger partial charge in [0.25, 0.3) is 0 Å². The minimum atomic E-state index is -0.298. The average molecular weight is 362 g/mol. The predicted octanol–water partition coefficient (Wildman–Crippen LogP) is 4.35. The van der Waals surface area contributed by atoms with Crippen LogP contribution in [0.4, 0.5) is 10.1 Å². The van der Waals surface area contributed by atoms with Crippen molar-refractivity contribution in [3.8, 4) is 0 Å². The first kappa shape index (κ1) is 14.6. The zero-order valence-electron chi connectivity index (χ0n) is 11.4. The summed E-state index contributed by atoms with van der Waals surface area (Å²) in [5, 5.41) is 4.20. The van der Waals surface area contributed by atoms with Gasteiger partial charge in [-0.25, -0.2) is 4.39 Å². The Morgan fingerprint density at radius 3 is 2.70 bits per heavy atom. The number of piperazine rings is 1. The molecule has 1 aliphatic carbocycles. The van der Waals surface area contributed by atoms with E-state index >= 15 is 0 Å². The lowest BCUT2D eigenvalue weighted by atomic mass is 9.80. The molecule has 1 aromatic carbocycles. The van der Waals surface area contributed by atoms with Gasteiger partial charge in [-0.3, -0.25) is 0 Å². The summed E-state index contributed by atoms with van der Waals surface area (Å²) in [6.07, 6.45) is 6.36. The smallest absolute Gasteiger partial charge is 0.125 e. The molecule has 1 saturated carbocycles. The average Bonchev–Trinajstić information content (AvgIpc) is 2.38. The van der Waals surface area contributed by atoms with Crippen LogP contribution in [0.2, 0.25) is 5.02 Å². The molecule has 5 heteroatoms. The number of nitrogens with one attached hydrogen (secondary N) is 1. The molecule has 2 nitrogen and oxygen atoms in total. The standard InChI is InChI=1S/C15H19BrClFN2/c16-12-8-11(18)9-13(17)14(12)20-7-6-19-15(10-20)4-2-1-3-5-15/h8-9,19H,1-7,10H2. The summed E-state index contributed by atoms with van der Waals surface area (Å²) >= 11 is 9.72. The van der Waals surface area contributed by atoms with Crippen LogP contribution in [0.3, 0.4) is 0 Å². The van der Waals surface area contributed by atoms with Crippen molar-refractivity contribution in [2.24, 2.45) is 0 Å². The van der Waals surface area contributed by atoms with Crippen LogP contribution in [0.15, 0.2) is 16.6 Å². The summed E-state index contributed by atoms with van der Waals surface area (Å²) in [7, 11) is 0. The van der Waals surface area contributed by atoms with Gasteiger partial charge in [-0.1, -0.05) is 30.9 Å². The molecule has 1 spiro atoms. The molecule has 1 heterocycles. The van der Waals surface area contributed by atoms with Gasteiger partial charge in [0.05, 0.1) is 10.7 Å². The number of hydrogen-bond acceptors (Lipinski definition) is 2. The number of rotatable bonds is 1. The molecule has 2 aliphatic rings. The second-order valence-electron chi connectivity index (χ2n) is 5.91. The zero-order chi connectivity index (χ0) is 14.2. The first-order valence-corrected chi connectivity index (χ1v) is 8.41. The summed E-state index contributed by atoms with van der Waals surface area (Å²) in [6.45, 7) is 2.82. The molecule has 1 saturated heterocycles. The molecule has 0 radical (unpaired) electrons. The lowest BCUT2D eigenvalue weighted by molar-refractivity contribution is 0.216. The molecular formula is C15H19BrClFN2. The molecule has 1 aromatic rings. The highest BCUT2D eigenvalue weighted by molar-refractivity contribution is 9.10. The Morgan fingerprint density at radius 1 is 1.25 bits per heavy atom. The number of hydrogen-bond donors (Lipinski definition) is 1.